The van der Waals surface area contributed by atoms with Gasteiger partial charge in [0.1, 0.15) is 0 Å². The van der Waals surface area contributed by atoms with Gasteiger partial charge in [0.25, 0.3) is 5.91 Å². The number of rotatable bonds is 7. The molecule has 1 aliphatic carbocycles. The standard InChI is InChI=1S/C24H24N2O4S/c1-15-6-9-19-21(12-15)31-24(25-19)26-22(28)14-30-23(29)11-10-20(27)18-8-7-16-4-2-3-5-17(16)13-18/h6-9,12-13H,2-5,10-11,14H2,1H3,(H,25,26,28). The van der Waals surface area contributed by atoms with E-state index in [4.69, 9.17) is 4.74 Å². The monoisotopic (exact) mass is 436 g/mol. The average molecular weight is 437 g/mol. The fourth-order valence-electron chi connectivity index (χ4n) is 3.73. The number of Topliss-reactive ketones (excluding diaryl/α,β-unsaturated/α-hetero) is 1. The molecule has 6 nitrogen and oxygen atoms in total. The van der Waals surface area contributed by atoms with Gasteiger partial charge in [-0.1, -0.05) is 29.5 Å². The van der Waals surface area contributed by atoms with Gasteiger partial charge in [-0.05, 0) is 67.5 Å². The summed E-state index contributed by atoms with van der Waals surface area (Å²) in [4.78, 5) is 40.8. The number of carbonyl (C=O) groups excluding carboxylic acids is 3. The number of nitrogens with one attached hydrogen (secondary N) is 1. The van der Waals surface area contributed by atoms with Crippen LogP contribution < -0.4 is 5.32 Å². The Bertz CT molecular complexity index is 1150. The van der Waals surface area contributed by atoms with E-state index in [2.05, 4.69) is 10.3 Å². The summed E-state index contributed by atoms with van der Waals surface area (Å²) in [5.41, 5.74) is 5.12. The number of fused-ring (bicyclic) bond motifs is 2. The zero-order chi connectivity index (χ0) is 21.8. The van der Waals surface area contributed by atoms with Crippen molar-refractivity contribution in [3.63, 3.8) is 0 Å². The number of hydrogen-bond donors (Lipinski definition) is 1. The maximum atomic E-state index is 12.4. The highest BCUT2D eigenvalue weighted by Crippen LogP contribution is 2.26. The highest BCUT2D eigenvalue weighted by molar-refractivity contribution is 7.22. The molecule has 4 rings (SSSR count). The number of ether oxygens (including phenoxy) is 1. The fraction of sp³-hybridized carbons (Fsp3) is 0.333. The number of benzene rings is 2. The highest BCUT2D eigenvalue weighted by atomic mass is 32.1. The van der Waals surface area contributed by atoms with Crippen LogP contribution >= 0.6 is 11.3 Å². The number of ketones is 1. The molecule has 3 aromatic rings. The summed E-state index contributed by atoms with van der Waals surface area (Å²) < 4.78 is 6.00. The molecule has 0 unspecified atom stereocenters. The van der Waals surface area contributed by atoms with Crippen molar-refractivity contribution in [3.8, 4) is 0 Å². The predicted molar refractivity (Wildman–Crippen MR) is 121 cm³/mol. The zero-order valence-corrected chi connectivity index (χ0v) is 18.2. The third kappa shape index (κ3) is 5.35. The number of esters is 1. The first-order valence-electron chi connectivity index (χ1n) is 10.5. The Kier molecular flexibility index (Phi) is 6.42. The number of aryl methyl sites for hydroxylation is 3. The molecule has 0 saturated carbocycles. The summed E-state index contributed by atoms with van der Waals surface area (Å²) in [6.45, 7) is 1.59. The van der Waals surface area contributed by atoms with Gasteiger partial charge < -0.3 is 4.74 Å². The minimum absolute atomic E-state index is 0.0520. The molecule has 0 fully saturated rings. The van der Waals surface area contributed by atoms with E-state index in [1.54, 1.807) is 0 Å². The number of anilines is 1. The molecule has 1 aliphatic rings. The molecule has 0 spiro atoms. The first-order valence-corrected chi connectivity index (χ1v) is 11.3. The molecule has 1 N–H and O–H groups in total. The largest absolute Gasteiger partial charge is 0.456 e. The zero-order valence-electron chi connectivity index (χ0n) is 17.4. The van der Waals surface area contributed by atoms with E-state index in [9.17, 15) is 14.4 Å². The Hall–Kier alpha value is -3.06. The molecule has 0 saturated heterocycles. The molecule has 0 bridgehead atoms. The number of carbonyl (C=O) groups is 3. The molecule has 1 heterocycles. The Balaban J connectivity index is 1.23. The number of aromatic nitrogens is 1. The molecule has 1 amide bonds. The van der Waals surface area contributed by atoms with Gasteiger partial charge in [-0.2, -0.15) is 0 Å². The second-order valence-corrected chi connectivity index (χ2v) is 8.84. The molecule has 1 aromatic heterocycles. The van der Waals surface area contributed by atoms with Crippen molar-refractivity contribution < 1.29 is 19.1 Å². The molecule has 0 atom stereocenters. The van der Waals surface area contributed by atoms with E-state index in [1.807, 2.05) is 43.3 Å². The summed E-state index contributed by atoms with van der Waals surface area (Å²) in [6, 6.07) is 11.7. The van der Waals surface area contributed by atoms with Crippen molar-refractivity contribution in [2.45, 2.75) is 45.4 Å². The number of thiazole rings is 1. The Morgan fingerprint density at radius 2 is 1.84 bits per heavy atom. The maximum absolute atomic E-state index is 12.4. The molecule has 160 valence electrons. The summed E-state index contributed by atoms with van der Waals surface area (Å²) in [5.74, 6) is -1.11. The minimum Gasteiger partial charge on any atom is -0.456 e. The van der Waals surface area contributed by atoms with E-state index >= 15 is 0 Å². The van der Waals surface area contributed by atoms with Crippen LogP contribution in [0.1, 0.15) is 52.7 Å². The van der Waals surface area contributed by atoms with Crippen molar-refractivity contribution in [1.29, 1.82) is 0 Å². The van der Waals surface area contributed by atoms with E-state index in [1.165, 1.54) is 28.9 Å². The first-order chi connectivity index (χ1) is 15.0. The van der Waals surface area contributed by atoms with Gasteiger partial charge in [-0.15, -0.1) is 0 Å². The van der Waals surface area contributed by atoms with E-state index < -0.39 is 18.5 Å². The van der Waals surface area contributed by atoms with Crippen LogP contribution in [0.15, 0.2) is 36.4 Å². The quantitative estimate of drug-likeness (QED) is 0.431. The number of hydrogen-bond acceptors (Lipinski definition) is 6. The molecule has 31 heavy (non-hydrogen) atoms. The lowest BCUT2D eigenvalue weighted by molar-refractivity contribution is -0.147. The van der Waals surface area contributed by atoms with Crippen LogP contribution in [0, 0.1) is 6.92 Å². The second-order valence-electron chi connectivity index (χ2n) is 7.81. The van der Waals surface area contributed by atoms with Crippen LogP contribution in [-0.4, -0.2) is 29.3 Å². The Labute approximate surface area is 184 Å². The van der Waals surface area contributed by atoms with Gasteiger partial charge in [0.15, 0.2) is 17.5 Å². The van der Waals surface area contributed by atoms with E-state index in [-0.39, 0.29) is 18.6 Å². The maximum Gasteiger partial charge on any atom is 0.306 e. The highest BCUT2D eigenvalue weighted by Gasteiger charge is 2.16. The topological polar surface area (TPSA) is 85.4 Å². The molecular weight excluding hydrogens is 412 g/mol. The summed E-state index contributed by atoms with van der Waals surface area (Å²) >= 11 is 1.37. The predicted octanol–water partition coefficient (Wildman–Crippen LogP) is 4.63. The first kappa shape index (κ1) is 21.2. The van der Waals surface area contributed by atoms with E-state index in [0.29, 0.717) is 10.7 Å². The van der Waals surface area contributed by atoms with E-state index in [0.717, 1.165) is 35.0 Å². The van der Waals surface area contributed by atoms with Gasteiger partial charge in [0.05, 0.1) is 16.6 Å². The van der Waals surface area contributed by atoms with Crippen molar-refractivity contribution in [3.05, 3.63) is 58.7 Å². The van der Waals surface area contributed by atoms with Gasteiger partial charge in [-0.25, -0.2) is 4.98 Å². The summed E-state index contributed by atoms with van der Waals surface area (Å²) in [5, 5.41) is 3.11. The molecule has 2 aromatic carbocycles. The van der Waals surface area contributed by atoms with Crippen molar-refractivity contribution in [2.75, 3.05) is 11.9 Å². The lowest BCUT2D eigenvalue weighted by Gasteiger charge is -2.16. The Morgan fingerprint density at radius 1 is 1.03 bits per heavy atom. The summed E-state index contributed by atoms with van der Waals surface area (Å²) in [7, 11) is 0. The van der Waals surface area contributed by atoms with Gasteiger partial charge >= 0.3 is 5.97 Å². The van der Waals surface area contributed by atoms with Crippen LogP contribution in [0.2, 0.25) is 0 Å². The summed E-state index contributed by atoms with van der Waals surface area (Å²) in [6.07, 6.45) is 4.42. The van der Waals surface area contributed by atoms with Gasteiger partial charge in [-0.3, -0.25) is 19.7 Å². The Morgan fingerprint density at radius 3 is 2.68 bits per heavy atom. The van der Waals surface area contributed by atoms with Gasteiger partial charge in [0, 0.05) is 12.0 Å². The minimum atomic E-state index is -0.568. The van der Waals surface area contributed by atoms with Crippen molar-refractivity contribution >= 4 is 44.3 Å². The molecule has 0 aliphatic heterocycles. The van der Waals surface area contributed by atoms with Crippen LogP contribution in [0.5, 0.6) is 0 Å². The lowest BCUT2D eigenvalue weighted by Crippen LogP contribution is -2.21. The smallest absolute Gasteiger partial charge is 0.306 e. The van der Waals surface area contributed by atoms with Crippen LogP contribution in [-0.2, 0) is 27.2 Å². The van der Waals surface area contributed by atoms with Gasteiger partial charge in [0.2, 0.25) is 0 Å². The van der Waals surface area contributed by atoms with Crippen molar-refractivity contribution in [1.82, 2.24) is 4.98 Å². The fourth-order valence-corrected chi connectivity index (χ4v) is 4.71. The molecule has 7 heteroatoms. The number of nitrogens with zero attached hydrogens (tertiary/aromatic N) is 1. The number of amides is 1. The van der Waals surface area contributed by atoms with Crippen LogP contribution in [0.4, 0.5) is 5.13 Å². The van der Waals surface area contributed by atoms with Crippen molar-refractivity contribution in [2.24, 2.45) is 0 Å². The van der Waals surface area contributed by atoms with Crippen LogP contribution in [0.25, 0.3) is 10.2 Å². The molecular formula is C24H24N2O4S. The SMILES string of the molecule is Cc1ccc2nc(NC(=O)COC(=O)CCC(=O)c3ccc4c(c3)CCCC4)sc2c1. The molecule has 0 radical (unpaired) electrons. The third-order valence-electron chi connectivity index (χ3n) is 5.38. The van der Waals surface area contributed by atoms with Crippen LogP contribution in [0.3, 0.4) is 0 Å². The third-order valence-corrected chi connectivity index (χ3v) is 6.31. The lowest BCUT2D eigenvalue weighted by atomic mass is 9.89. The normalized spacial score (nSPS) is 12.9. The average Bonchev–Trinajstić information content (AvgIpc) is 3.16. The second kappa shape index (κ2) is 9.39.